The van der Waals surface area contributed by atoms with Crippen LogP contribution in [0.3, 0.4) is 0 Å². The largest absolute Gasteiger partial charge is 0.350 e. The lowest BCUT2D eigenvalue weighted by Crippen LogP contribution is -2.55. The second-order valence-corrected chi connectivity index (χ2v) is 12.9. The molecule has 2 unspecified atom stereocenters. The van der Waals surface area contributed by atoms with Crippen molar-refractivity contribution >= 4 is 44.5 Å². The average Bonchev–Trinajstić information content (AvgIpc) is 2.79. The smallest absolute Gasteiger partial charge is 0.224 e. The Morgan fingerprint density at radius 3 is 2.31 bits per heavy atom. The highest BCUT2D eigenvalue weighted by molar-refractivity contribution is 7.91. The predicted octanol–water partition coefficient (Wildman–Crippen LogP) is 5.87. The van der Waals surface area contributed by atoms with E-state index < -0.39 is 20.3 Å². The monoisotopic (exact) mass is 532 g/mol. The number of amides is 1. The highest BCUT2D eigenvalue weighted by Gasteiger charge is 2.49. The molecular formula is C27H30Cl2N2O3S. The molecule has 1 amide bonds. The van der Waals surface area contributed by atoms with Crippen molar-refractivity contribution in [1.82, 2.24) is 5.32 Å². The highest BCUT2D eigenvalue weighted by Crippen LogP contribution is 2.50. The van der Waals surface area contributed by atoms with Gasteiger partial charge in [-0.3, -0.25) is 4.79 Å². The Kier molecular flexibility index (Phi) is 8.36. The molecule has 8 heteroatoms. The molecule has 5 nitrogen and oxygen atoms in total. The summed E-state index contributed by atoms with van der Waals surface area (Å²) in [6.45, 7) is 5.69. The van der Waals surface area contributed by atoms with E-state index in [4.69, 9.17) is 23.2 Å². The van der Waals surface area contributed by atoms with E-state index in [-0.39, 0.29) is 35.3 Å². The van der Waals surface area contributed by atoms with E-state index in [1.165, 1.54) is 12.1 Å². The van der Waals surface area contributed by atoms with Crippen molar-refractivity contribution in [3.63, 3.8) is 0 Å². The molecular weight excluding hydrogens is 503 g/mol. The van der Waals surface area contributed by atoms with Crippen molar-refractivity contribution in [3.05, 3.63) is 70.8 Å². The third kappa shape index (κ3) is 6.27. The number of nitriles is 1. The zero-order chi connectivity index (χ0) is 25.9. The van der Waals surface area contributed by atoms with Crippen LogP contribution in [0.5, 0.6) is 0 Å². The third-order valence-electron chi connectivity index (χ3n) is 6.21. The first kappa shape index (κ1) is 27.3. The van der Waals surface area contributed by atoms with Crippen LogP contribution >= 0.6 is 23.2 Å². The molecule has 3 rings (SSSR count). The lowest BCUT2D eigenvalue weighted by molar-refractivity contribution is -0.122. The topological polar surface area (TPSA) is 87.0 Å². The number of hydrogen-bond donors (Lipinski definition) is 1. The predicted molar refractivity (Wildman–Crippen MR) is 141 cm³/mol. The third-order valence-corrected chi connectivity index (χ3v) is 8.69. The highest BCUT2D eigenvalue weighted by atomic mass is 35.5. The number of nitrogens with one attached hydrogen (secondary N) is 1. The number of hydrogen-bond acceptors (Lipinski definition) is 4. The molecule has 0 heterocycles. The Morgan fingerprint density at radius 1 is 1.14 bits per heavy atom. The number of carbonyl (C=O) groups is 1. The van der Waals surface area contributed by atoms with Crippen LogP contribution in [0, 0.1) is 17.2 Å². The minimum absolute atomic E-state index is 0.0167. The molecule has 1 aliphatic rings. The summed E-state index contributed by atoms with van der Waals surface area (Å²) in [5.74, 6) is 0.000550. The van der Waals surface area contributed by atoms with Gasteiger partial charge >= 0.3 is 0 Å². The van der Waals surface area contributed by atoms with E-state index >= 15 is 0 Å². The van der Waals surface area contributed by atoms with E-state index in [2.05, 4.69) is 11.4 Å². The van der Waals surface area contributed by atoms with Gasteiger partial charge in [-0.15, -0.1) is 0 Å². The van der Waals surface area contributed by atoms with Crippen molar-refractivity contribution in [2.45, 2.75) is 61.8 Å². The van der Waals surface area contributed by atoms with E-state index in [9.17, 15) is 18.5 Å². The zero-order valence-corrected chi connectivity index (χ0v) is 22.5. The van der Waals surface area contributed by atoms with Gasteiger partial charge in [0.05, 0.1) is 23.1 Å². The van der Waals surface area contributed by atoms with Crippen LogP contribution in [0.15, 0.2) is 64.5 Å². The van der Waals surface area contributed by atoms with Gasteiger partial charge in [0.15, 0.2) is 14.7 Å². The van der Waals surface area contributed by atoms with Gasteiger partial charge in [-0.05, 0) is 35.6 Å². The van der Waals surface area contributed by atoms with Crippen LogP contribution in [-0.2, 0) is 21.1 Å². The standard InChI is InChI=1S/C27H30Cl2N2O3S/c1-4-35(33,34)22-12-10-20(11-13-22)14-24(32)31-26(15-19(2)3)16-23(28)25(27(29,17-26)18-30)21-8-6-5-7-9-21/h5-13,19H,4,14-17H2,1-3H3,(H,31,32). The van der Waals surface area contributed by atoms with Crippen molar-refractivity contribution < 1.29 is 13.2 Å². The minimum atomic E-state index is -3.31. The SMILES string of the molecule is CCS(=O)(=O)c1ccc(CC(=O)NC2(CC(C)C)CC(Cl)=C(c3ccccc3)C(Cl)(C#N)C2)cc1. The number of halogens is 2. The summed E-state index contributed by atoms with van der Waals surface area (Å²) < 4.78 is 24.1. The first-order chi connectivity index (χ1) is 16.4. The van der Waals surface area contributed by atoms with Crippen LogP contribution in [0.25, 0.3) is 5.57 Å². The molecule has 0 fully saturated rings. The number of allylic oxidation sites excluding steroid dienone is 1. The lowest BCUT2D eigenvalue weighted by atomic mass is 9.70. The van der Waals surface area contributed by atoms with Crippen LogP contribution in [0.1, 0.15) is 51.2 Å². The lowest BCUT2D eigenvalue weighted by Gasteiger charge is -2.45. The number of rotatable bonds is 8. The van der Waals surface area contributed by atoms with Gasteiger partial charge in [0.2, 0.25) is 5.91 Å². The normalized spacial score (nSPS) is 22.7. The molecule has 0 aliphatic heterocycles. The first-order valence-electron chi connectivity index (χ1n) is 11.6. The molecule has 0 saturated carbocycles. The first-order valence-corrected chi connectivity index (χ1v) is 14.0. The van der Waals surface area contributed by atoms with Crippen LogP contribution in [0.4, 0.5) is 0 Å². The van der Waals surface area contributed by atoms with Gasteiger partial charge in [-0.25, -0.2) is 8.42 Å². The number of carbonyl (C=O) groups excluding carboxylic acids is 1. The zero-order valence-electron chi connectivity index (χ0n) is 20.1. The molecule has 2 aromatic carbocycles. The van der Waals surface area contributed by atoms with E-state index in [1.54, 1.807) is 19.1 Å². The average molecular weight is 534 g/mol. The van der Waals surface area contributed by atoms with Crippen molar-refractivity contribution in [2.75, 3.05) is 5.75 Å². The molecule has 2 atom stereocenters. The Morgan fingerprint density at radius 2 is 1.77 bits per heavy atom. The number of alkyl halides is 1. The number of benzene rings is 2. The molecule has 0 radical (unpaired) electrons. The summed E-state index contributed by atoms with van der Waals surface area (Å²) in [5.41, 5.74) is 1.28. The van der Waals surface area contributed by atoms with E-state index in [1.807, 2.05) is 44.2 Å². The van der Waals surface area contributed by atoms with Crippen LogP contribution in [0.2, 0.25) is 0 Å². The summed E-state index contributed by atoms with van der Waals surface area (Å²) in [7, 11) is -3.31. The fourth-order valence-corrected chi connectivity index (χ4v) is 6.81. The molecule has 0 aromatic heterocycles. The van der Waals surface area contributed by atoms with Crippen molar-refractivity contribution in [3.8, 4) is 6.07 Å². The number of sulfone groups is 1. The molecule has 186 valence electrons. The van der Waals surface area contributed by atoms with Gasteiger partial charge in [-0.2, -0.15) is 5.26 Å². The molecule has 0 bridgehead atoms. The fraction of sp³-hybridized carbons (Fsp3) is 0.407. The van der Waals surface area contributed by atoms with Crippen LogP contribution in [-0.4, -0.2) is 30.5 Å². The molecule has 1 aliphatic carbocycles. The Labute approximate surface area is 218 Å². The molecule has 1 N–H and O–H groups in total. The number of nitrogens with zero attached hydrogens (tertiary/aromatic N) is 1. The van der Waals surface area contributed by atoms with Crippen molar-refractivity contribution in [1.29, 1.82) is 5.26 Å². The van der Waals surface area contributed by atoms with Crippen molar-refractivity contribution in [2.24, 2.45) is 5.92 Å². The van der Waals surface area contributed by atoms with Gasteiger partial charge < -0.3 is 5.32 Å². The maximum absolute atomic E-state index is 13.1. The second kappa shape index (κ2) is 10.7. The summed E-state index contributed by atoms with van der Waals surface area (Å²) in [4.78, 5) is 12.0. The summed E-state index contributed by atoms with van der Waals surface area (Å²) in [5, 5.41) is 13.7. The quantitative estimate of drug-likeness (QED) is 0.430. The Balaban J connectivity index is 1.89. The second-order valence-electron chi connectivity index (χ2n) is 9.56. The van der Waals surface area contributed by atoms with E-state index in [0.29, 0.717) is 29.0 Å². The molecule has 35 heavy (non-hydrogen) atoms. The van der Waals surface area contributed by atoms with E-state index in [0.717, 1.165) is 5.56 Å². The van der Waals surface area contributed by atoms with Gasteiger partial charge in [0, 0.05) is 29.0 Å². The van der Waals surface area contributed by atoms with Crippen LogP contribution < -0.4 is 5.32 Å². The summed E-state index contributed by atoms with van der Waals surface area (Å²) >= 11 is 13.7. The van der Waals surface area contributed by atoms with Gasteiger partial charge in [0.1, 0.15) is 0 Å². The summed E-state index contributed by atoms with van der Waals surface area (Å²) in [6.07, 6.45) is 1.25. The maximum Gasteiger partial charge on any atom is 0.224 e. The molecule has 0 saturated heterocycles. The van der Waals surface area contributed by atoms with Gasteiger partial charge in [-0.1, -0.05) is 86.4 Å². The Bertz CT molecular complexity index is 1250. The van der Waals surface area contributed by atoms with Gasteiger partial charge in [0.25, 0.3) is 0 Å². The molecule has 2 aromatic rings. The Hall–Kier alpha value is -2.33. The fourth-order valence-electron chi connectivity index (χ4n) is 4.88. The summed E-state index contributed by atoms with van der Waals surface area (Å²) in [6, 6.07) is 18.0. The minimum Gasteiger partial charge on any atom is -0.350 e. The molecule has 0 spiro atoms. The maximum atomic E-state index is 13.1.